The normalized spacial score (nSPS) is 23.1. The van der Waals surface area contributed by atoms with E-state index in [1.807, 2.05) is 0 Å². The Morgan fingerprint density at radius 1 is 1.38 bits per heavy atom. The second kappa shape index (κ2) is 3.93. The summed E-state index contributed by atoms with van der Waals surface area (Å²) >= 11 is 0. The van der Waals surface area contributed by atoms with E-state index in [4.69, 9.17) is 5.11 Å². The Morgan fingerprint density at radius 3 is 2.69 bits per heavy atom. The van der Waals surface area contributed by atoms with Crippen molar-refractivity contribution < 1.29 is 9.90 Å². The van der Waals surface area contributed by atoms with Gasteiger partial charge in [-0.3, -0.25) is 4.79 Å². The summed E-state index contributed by atoms with van der Waals surface area (Å²) in [6, 6.07) is 6.48. The molecular formula is C14H18O2. The lowest BCUT2D eigenvalue weighted by molar-refractivity contribution is -0.139. The molecule has 0 heterocycles. The second-order valence-electron chi connectivity index (χ2n) is 5.05. The van der Waals surface area contributed by atoms with Crippen LogP contribution >= 0.6 is 0 Å². The monoisotopic (exact) mass is 218 g/mol. The Hall–Kier alpha value is -1.31. The summed E-state index contributed by atoms with van der Waals surface area (Å²) in [5, 5.41) is 9.00. The summed E-state index contributed by atoms with van der Waals surface area (Å²) in [6.07, 6.45) is 3.07. The molecule has 1 aromatic rings. The van der Waals surface area contributed by atoms with Crippen molar-refractivity contribution in [3.8, 4) is 0 Å². The largest absolute Gasteiger partial charge is 0.481 e. The van der Waals surface area contributed by atoms with Gasteiger partial charge in [0, 0.05) is 0 Å². The number of carboxylic acids is 1. The maximum absolute atomic E-state index is 10.9. The van der Waals surface area contributed by atoms with Crippen LogP contribution in [-0.4, -0.2) is 11.1 Å². The third-order valence-electron chi connectivity index (χ3n) is 3.77. The fourth-order valence-electron chi connectivity index (χ4n) is 2.78. The molecule has 0 saturated carbocycles. The molecule has 1 aliphatic rings. The molecule has 0 bridgehead atoms. The highest BCUT2D eigenvalue weighted by Gasteiger charge is 2.37. The van der Waals surface area contributed by atoms with Crippen LogP contribution in [0.3, 0.4) is 0 Å². The molecule has 0 spiro atoms. The van der Waals surface area contributed by atoms with Gasteiger partial charge < -0.3 is 5.11 Å². The minimum absolute atomic E-state index is 0.0397. The molecule has 2 nitrogen and oxygen atoms in total. The molecule has 86 valence electrons. The van der Waals surface area contributed by atoms with Gasteiger partial charge >= 0.3 is 5.97 Å². The molecule has 1 N–H and O–H groups in total. The average molecular weight is 218 g/mol. The highest BCUT2D eigenvalue weighted by molar-refractivity contribution is 5.68. The van der Waals surface area contributed by atoms with Crippen LogP contribution in [0.15, 0.2) is 18.2 Å². The summed E-state index contributed by atoms with van der Waals surface area (Å²) in [4.78, 5) is 10.9. The zero-order valence-electron chi connectivity index (χ0n) is 9.92. The van der Waals surface area contributed by atoms with E-state index in [0.717, 1.165) is 19.3 Å². The molecule has 0 saturated heterocycles. The molecule has 0 aliphatic heterocycles. The Labute approximate surface area is 96.3 Å². The lowest BCUT2D eigenvalue weighted by atomic mass is 9.79. The number of rotatable bonds is 3. The zero-order valence-corrected chi connectivity index (χ0v) is 9.92. The fourth-order valence-corrected chi connectivity index (χ4v) is 2.78. The summed E-state index contributed by atoms with van der Waals surface area (Å²) < 4.78 is 0. The topological polar surface area (TPSA) is 37.3 Å². The Balaban J connectivity index is 2.28. The second-order valence-corrected chi connectivity index (χ2v) is 5.05. The first kappa shape index (κ1) is 11.2. The Kier molecular flexibility index (Phi) is 2.75. The molecule has 0 fully saturated rings. The number of benzene rings is 1. The van der Waals surface area contributed by atoms with Gasteiger partial charge in [-0.25, -0.2) is 0 Å². The molecule has 1 atom stereocenters. The van der Waals surface area contributed by atoms with E-state index in [-0.39, 0.29) is 11.8 Å². The van der Waals surface area contributed by atoms with E-state index >= 15 is 0 Å². The van der Waals surface area contributed by atoms with Crippen molar-refractivity contribution in [2.45, 2.75) is 39.5 Å². The van der Waals surface area contributed by atoms with Gasteiger partial charge in [0.05, 0.1) is 6.42 Å². The highest BCUT2D eigenvalue weighted by atomic mass is 16.4. The van der Waals surface area contributed by atoms with E-state index in [9.17, 15) is 4.79 Å². The lowest BCUT2D eigenvalue weighted by Crippen LogP contribution is -2.24. The molecule has 0 aromatic heterocycles. The van der Waals surface area contributed by atoms with Crippen LogP contribution in [0.4, 0.5) is 0 Å². The van der Waals surface area contributed by atoms with Gasteiger partial charge in [-0.1, -0.05) is 30.7 Å². The van der Waals surface area contributed by atoms with Crippen molar-refractivity contribution in [3.63, 3.8) is 0 Å². The van der Waals surface area contributed by atoms with Crippen LogP contribution in [0.2, 0.25) is 0 Å². The van der Waals surface area contributed by atoms with E-state index in [1.165, 1.54) is 16.7 Å². The summed E-state index contributed by atoms with van der Waals surface area (Å²) in [7, 11) is 0. The maximum atomic E-state index is 10.9. The van der Waals surface area contributed by atoms with Crippen molar-refractivity contribution >= 4 is 5.97 Å². The average Bonchev–Trinajstić information content (AvgIpc) is 2.54. The van der Waals surface area contributed by atoms with E-state index in [1.54, 1.807) is 0 Å². The molecule has 1 aromatic carbocycles. The first-order valence-electron chi connectivity index (χ1n) is 5.85. The molecule has 0 radical (unpaired) electrons. The van der Waals surface area contributed by atoms with Crippen molar-refractivity contribution in [1.82, 2.24) is 0 Å². The summed E-state index contributed by atoms with van der Waals surface area (Å²) in [5.74, 6) is -0.675. The number of carboxylic acid groups (broad SMARTS) is 1. The van der Waals surface area contributed by atoms with Gasteiger partial charge in [-0.05, 0) is 42.7 Å². The number of hydrogen-bond donors (Lipinski definition) is 1. The standard InChI is InChI=1S/C14H18O2/c1-3-14(9-13(15)16)7-11-5-4-10(2)6-12(11)8-14/h4-6H,3,7-9H2,1-2H3,(H,15,16). The molecule has 1 unspecified atom stereocenters. The van der Waals surface area contributed by atoms with E-state index in [2.05, 4.69) is 32.0 Å². The minimum atomic E-state index is -0.675. The van der Waals surface area contributed by atoms with Crippen LogP contribution in [0, 0.1) is 12.3 Å². The fraction of sp³-hybridized carbons (Fsp3) is 0.500. The lowest BCUT2D eigenvalue weighted by Gasteiger charge is -2.25. The van der Waals surface area contributed by atoms with Crippen molar-refractivity contribution in [2.75, 3.05) is 0 Å². The van der Waals surface area contributed by atoms with Crippen molar-refractivity contribution in [2.24, 2.45) is 5.41 Å². The van der Waals surface area contributed by atoms with Gasteiger partial charge in [-0.15, -0.1) is 0 Å². The van der Waals surface area contributed by atoms with Crippen LogP contribution in [-0.2, 0) is 17.6 Å². The summed E-state index contributed by atoms with van der Waals surface area (Å²) in [5.41, 5.74) is 3.92. The van der Waals surface area contributed by atoms with Crippen LogP contribution < -0.4 is 0 Å². The SMILES string of the molecule is CCC1(CC(=O)O)Cc2ccc(C)cc2C1. The molecule has 2 rings (SSSR count). The van der Waals surface area contributed by atoms with E-state index < -0.39 is 5.97 Å². The van der Waals surface area contributed by atoms with Gasteiger partial charge in [0.2, 0.25) is 0 Å². The van der Waals surface area contributed by atoms with Gasteiger partial charge in [0.15, 0.2) is 0 Å². The number of carbonyl (C=O) groups is 1. The van der Waals surface area contributed by atoms with Crippen LogP contribution in [0.5, 0.6) is 0 Å². The van der Waals surface area contributed by atoms with Crippen LogP contribution in [0.1, 0.15) is 36.5 Å². The number of aryl methyl sites for hydroxylation is 1. The zero-order chi connectivity index (χ0) is 11.8. The first-order valence-corrected chi connectivity index (χ1v) is 5.85. The predicted octanol–water partition coefficient (Wildman–Crippen LogP) is 2.96. The number of aliphatic carboxylic acids is 1. The van der Waals surface area contributed by atoms with Crippen molar-refractivity contribution in [1.29, 1.82) is 0 Å². The third-order valence-corrected chi connectivity index (χ3v) is 3.77. The summed E-state index contributed by atoms with van der Waals surface area (Å²) in [6.45, 7) is 4.19. The molecular weight excluding hydrogens is 200 g/mol. The quantitative estimate of drug-likeness (QED) is 0.846. The molecule has 0 amide bonds. The third kappa shape index (κ3) is 1.97. The Bertz CT molecular complexity index is 423. The Morgan fingerprint density at radius 2 is 2.06 bits per heavy atom. The smallest absolute Gasteiger partial charge is 0.303 e. The van der Waals surface area contributed by atoms with Gasteiger partial charge in [0.1, 0.15) is 0 Å². The minimum Gasteiger partial charge on any atom is -0.481 e. The molecule has 16 heavy (non-hydrogen) atoms. The van der Waals surface area contributed by atoms with Crippen LogP contribution in [0.25, 0.3) is 0 Å². The molecule has 1 aliphatic carbocycles. The molecule has 2 heteroatoms. The predicted molar refractivity (Wildman–Crippen MR) is 63.6 cm³/mol. The highest BCUT2D eigenvalue weighted by Crippen LogP contribution is 2.42. The van der Waals surface area contributed by atoms with E-state index in [0.29, 0.717) is 0 Å². The number of fused-ring (bicyclic) bond motifs is 1. The maximum Gasteiger partial charge on any atom is 0.303 e. The van der Waals surface area contributed by atoms with Gasteiger partial charge in [-0.2, -0.15) is 0 Å². The van der Waals surface area contributed by atoms with Crippen molar-refractivity contribution in [3.05, 3.63) is 34.9 Å². The number of hydrogen-bond acceptors (Lipinski definition) is 1. The van der Waals surface area contributed by atoms with Gasteiger partial charge in [0.25, 0.3) is 0 Å². The first-order chi connectivity index (χ1) is 7.54.